The minimum atomic E-state index is -0.705. The quantitative estimate of drug-likeness (QED) is 0.267. The fourth-order valence-electron chi connectivity index (χ4n) is 3.85. The van der Waals surface area contributed by atoms with Crippen molar-refractivity contribution in [3.63, 3.8) is 0 Å². The van der Waals surface area contributed by atoms with Gasteiger partial charge in [-0.2, -0.15) is 0 Å². The lowest BCUT2D eigenvalue weighted by molar-refractivity contribution is -0.121. The lowest BCUT2D eigenvalue weighted by Gasteiger charge is -2.16. The van der Waals surface area contributed by atoms with Crippen LogP contribution in [0.4, 0.5) is 5.69 Å². The number of Topliss-reactive ketones (excluding diaryl/α,β-unsaturated/α-hetero) is 1. The number of nitrogens with zero attached hydrogens (tertiary/aromatic N) is 1. The molecule has 1 unspecified atom stereocenters. The van der Waals surface area contributed by atoms with Gasteiger partial charge in [0.05, 0.1) is 36.4 Å². The van der Waals surface area contributed by atoms with Crippen molar-refractivity contribution in [2.45, 2.75) is 19.0 Å². The summed E-state index contributed by atoms with van der Waals surface area (Å²) < 4.78 is 10.3. The Labute approximate surface area is 212 Å². The molecule has 3 aromatic rings. The number of esters is 1. The van der Waals surface area contributed by atoms with Gasteiger partial charge in [0.2, 0.25) is 11.7 Å². The molecule has 0 aromatic heterocycles. The maximum absolute atomic E-state index is 12.9. The van der Waals surface area contributed by atoms with Gasteiger partial charge in [-0.25, -0.2) is 9.69 Å². The molecule has 184 valence electrons. The zero-order chi connectivity index (χ0) is 25.7. The highest BCUT2D eigenvalue weighted by molar-refractivity contribution is 6.31. The van der Waals surface area contributed by atoms with E-state index < -0.39 is 24.4 Å². The van der Waals surface area contributed by atoms with Gasteiger partial charge in [-0.05, 0) is 48.0 Å². The van der Waals surface area contributed by atoms with Crippen LogP contribution in [0, 0.1) is 0 Å². The van der Waals surface area contributed by atoms with Gasteiger partial charge >= 0.3 is 5.97 Å². The van der Waals surface area contributed by atoms with E-state index in [0.29, 0.717) is 28.6 Å². The summed E-state index contributed by atoms with van der Waals surface area (Å²) in [6.07, 6.45) is 0.0120. The van der Waals surface area contributed by atoms with E-state index in [1.54, 1.807) is 30.3 Å². The fraction of sp³-hybridized carbons (Fsp3) is 0.185. The molecule has 9 heteroatoms. The molecule has 1 N–H and O–H groups in total. The van der Waals surface area contributed by atoms with Crippen LogP contribution in [0.2, 0.25) is 5.02 Å². The number of carbonyl (C=O) groups is 4. The van der Waals surface area contributed by atoms with Gasteiger partial charge in [-0.1, -0.05) is 41.9 Å². The van der Waals surface area contributed by atoms with Crippen LogP contribution in [0.5, 0.6) is 5.75 Å². The van der Waals surface area contributed by atoms with Crippen molar-refractivity contribution in [3.8, 4) is 5.75 Å². The first-order valence-corrected chi connectivity index (χ1v) is 11.5. The number of ketones is 1. The maximum Gasteiger partial charge on any atom is 0.338 e. The number of imide groups is 1. The third-order valence-electron chi connectivity index (χ3n) is 5.75. The summed E-state index contributed by atoms with van der Waals surface area (Å²) in [6.45, 7) is -0.113. The lowest BCUT2D eigenvalue weighted by atomic mass is 10.1. The molecule has 2 amide bonds. The molecule has 0 radical (unpaired) electrons. The van der Waals surface area contributed by atoms with Crippen molar-refractivity contribution in [2.75, 3.05) is 18.6 Å². The second kappa shape index (κ2) is 11.2. The average Bonchev–Trinajstić information content (AvgIpc) is 3.19. The zero-order valence-corrected chi connectivity index (χ0v) is 20.2. The lowest BCUT2D eigenvalue weighted by Crippen LogP contribution is -2.38. The van der Waals surface area contributed by atoms with Gasteiger partial charge in [-0.15, -0.1) is 0 Å². The third-order valence-corrected chi connectivity index (χ3v) is 6.12. The zero-order valence-electron chi connectivity index (χ0n) is 19.4. The highest BCUT2D eigenvalue weighted by Gasteiger charge is 2.39. The van der Waals surface area contributed by atoms with E-state index in [-0.39, 0.29) is 23.8 Å². The molecular formula is C27H23ClN2O6. The molecule has 0 bridgehead atoms. The molecule has 0 aliphatic carbocycles. The number of anilines is 1. The minimum absolute atomic E-state index is 0.0120. The van der Waals surface area contributed by atoms with Crippen LogP contribution >= 0.6 is 11.6 Å². The van der Waals surface area contributed by atoms with Crippen molar-refractivity contribution in [1.82, 2.24) is 5.32 Å². The van der Waals surface area contributed by atoms with E-state index >= 15 is 0 Å². The van der Waals surface area contributed by atoms with Crippen LogP contribution in [0.3, 0.4) is 0 Å². The number of methoxy groups -OCH3 is 1. The van der Waals surface area contributed by atoms with E-state index in [4.69, 9.17) is 21.1 Å². The third kappa shape index (κ3) is 5.45. The highest BCUT2D eigenvalue weighted by atomic mass is 35.5. The summed E-state index contributed by atoms with van der Waals surface area (Å²) in [5, 5.41) is 3.66. The number of rotatable bonds is 9. The topological polar surface area (TPSA) is 102 Å². The normalized spacial score (nSPS) is 15.2. The molecule has 36 heavy (non-hydrogen) atoms. The Bertz CT molecular complexity index is 1310. The number of para-hydroxylation sites is 1. The number of carbonyl (C=O) groups excluding carboxylic acids is 4. The highest BCUT2D eigenvalue weighted by Crippen LogP contribution is 2.25. The SMILES string of the molecule is COc1ccccc1C(=O)COC(=O)c1ccc(N2C(=O)CC(NCc3ccccc3Cl)C2=O)cc1. The van der Waals surface area contributed by atoms with Gasteiger partial charge in [0.25, 0.3) is 5.91 Å². The van der Waals surface area contributed by atoms with E-state index in [2.05, 4.69) is 5.32 Å². The predicted octanol–water partition coefficient (Wildman–Crippen LogP) is 3.81. The van der Waals surface area contributed by atoms with E-state index in [9.17, 15) is 19.2 Å². The Morgan fingerprint density at radius 1 is 1.00 bits per heavy atom. The van der Waals surface area contributed by atoms with Crippen LogP contribution in [-0.4, -0.2) is 43.3 Å². The van der Waals surface area contributed by atoms with E-state index in [0.717, 1.165) is 10.5 Å². The summed E-state index contributed by atoms with van der Waals surface area (Å²) in [5.41, 5.74) is 1.66. The van der Waals surface area contributed by atoms with E-state index in [1.165, 1.54) is 31.4 Å². The second-order valence-electron chi connectivity index (χ2n) is 8.04. The number of halogens is 1. The van der Waals surface area contributed by atoms with Crippen molar-refractivity contribution in [1.29, 1.82) is 0 Å². The number of ether oxygens (including phenoxy) is 2. The summed E-state index contributed by atoms with van der Waals surface area (Å²) in [6, 6.07) is 19.1. The minimum Gasteiger partial charge on any atom is -0.496 e. The Balaban J connectivity index is 1.36. The van der Waals surface area contributed by atoms with Gasteiger partial charge in [-0.3, -0.25) is 14.4 Å². The first-order valence-electron chi connectivity index (χ1n) is 11.2. The van der Waals surface area contributed by atoms with Crippen LogP contribution in [0.15, 0.2) is 72.8 Å². The van der Waals surface area contributed by atoms with Crippen molar-refractivity contribution in [2.24, 2.45) is 0 Å². The van der Waals surface area contributed by atoms with Crippen LogP contribution < -0.4 is 15.0 Å². The maximum atomic E-state index is 12.9. The molecule has 4 rings (SSSR count). The first kappa shape index (κ1) is 25.1. The fourth-order valence-corrected chi connectivity index (χ4v) is 4.05. The molecule has 0 spiro atoms. The predicted molar refractivity (Wildman–Crippen MR) is 133 cm³/mol. The van der Waals surface area contributed by atoms with Gasteiger partial charge in [0.1, 0.15) is 5.75 Å². The molecule has 1 aliphatic rings. The number of hydrogen-bond donors (Lipinski definition) is 1. The van der Waals surface area contributed by atoms with Crippen molar-refractivity contribution in [3.05, 3.63) is 94.5 Å². The largest absolute Gasteiger partial charge is 0.496 e. The molecule has 3 aromatic carbocycles. The Morgan fingerprint density at radius 2 is 1.69 bits per heavy atom. The van der Waals surface area contributed by atoms with Gasteiger partial charge in [0.15, 0.2) is 6.61 Å². The van der Waals surface area contributed by atoms with Crippen molar-refractivity contribution >= 4 is 40.9 Å². The monoisotopic (exact) mass is 506 g/mol. The standard InChI is InChI=1S/C27H23ClN2O6/c1-35-24-9-5-3-7-20(24)23(31)16-36-27(34)17-10-12-19(13-11-17)30-25(32)14-22(26(30)33)29-15-18-6-2-4-8-21(18)28/h2-13,22,29H,14-16H2,1H3. The van der Waals surface area contributed by atoms with Gasteiger partial charge in [0, 0.05) is 11.6 Å². The summed E-state index contributed by atoms with van der Waals surface area (Å²) in [4.78, 5) is 51.3. The molecule has 1 atom stereocenters. The molecule has 0 saturated carbocycles. The molecule has 1 fully saturated rings. The summed E-state index contributed by atoms with van der Waals surface area (Å²) >= 11 is 6.16. The van der Waals surface area contributed by atoms with Crippen LogP contribution in [-0.2, 0) is 20.9 Å². The Morgan fingerprint density at radius 3 is 2.42 bits per heavy atom. The number of nitrogens with one attached hydrogen (secondary N) is 1. The number of benzene rings is 3. The second-order valence-corrected chi connectivity index (χ2v) is 8.45. The summed E-state index contributed by atoms with van der Waals surface area (Å²) in [5.74, 6) is -1.45. The van der Waals surface area contributed by atoms with E-state index in [1.807, 2.05) is 18.2 Å². The Hall–Kier alpha value is -4.01. The first-order chi connectivity index (χ1) is 17.4. The number of hydrogen-bond acceptors (Lipinski definition) is 7. The number of amides is 2. The van der Waals surface area contributed by atoms with Gasteiger partial charge < -0.3 is 14.8 Å². The van der Waals surface area contributed by atoms with Crippen LogP contribution in [0.25, 0.3) is 0 Å². The van der Waals surface area contributed by atoms with Crippen LogP contribution in [0.1, 0.15) is 32.7 Å². The molecule has 8 nitrogen and oxygen atoms in total. The molecule has 1 heterocycles. The molecule has 1 aliphatic heterocycles. The summed E-state index contributed by atoms with van der Waals surface area (Å²) in [7, 11) is 1.45. The Kier molecular flexibility index (Phi) is 7.77. The molecular weight excluding hydrogens is 484 g/mol. The average molecular weight is 507 g/mol. The smallest absolute Gasteiger partial charge is 0.338 e. The van der Waals surface area contributed by atoms with Crippen molar-refractivity contribution < 1.29 is 28.7 Å². The molecule has 1 saturated heterocycles.